The van der Waals surface area contributed by atoms with Gasteiger partial charge in [0.15, 0.2) is 12.4 Å². The van der Waals surface area contributed by atoms with Crippen molar-refractivity contribution >= 4 is 0 Å². The molecular formula is C60H67N3. The van der Waals surface area contributed by atoms with E-state index in [0.29, 0.717) is 0 Å². The number of nitrogens with zero attached hydrogens (tertiary/aromatic N) is 3. The number of aromatic nitrogens is 1. The van der Waals surface area contributed by atoms with Gasteiger partial charge >= 0.3 is 0 Å². The van der Waals surface area contributed by atoms with Gasteiger partial charge in [-0.2, -0.15) is 5.26 Å². The van der Waals surface area contributed by atoms with Crippen molar-refractivity contribution in [3.05, 3.63) is 251 Å². The molecule has 0 radical (unpaired) electrons. The Kier molecular flexibility index (Phi) is 19.0. The molecule has 0 unspecified atom stereocenters. The lowest BCUT2D eigenvalue weighted by Crippen LogP contribution is -2.39. The molecule has 0 aliphatic heterocycles. The second-order valence-electron chi connectivity index (χ2n) is 16.8. The van der Waals surface area contributed by atoms with Gasteiger partial charge in [-0.05, 0) is 17.5 Å². The Morgan fingerprint density at radius 1 is 0.365 bits per heavy atom. The van der Waals surface area contributed by atoms with Gasteiger partial charge in [0, 0.05) is 18.6 Å². The maximum atomic E-state index is 8.78. The van der Waals surface area contributed by atoms with Crippen LogP contribution in [0.2, 0.25) is 0 Å². The lowest BCUT2D eigenvalue weighted by Gasteiger charge is -2.60. The molecule has 3 heteroatoms. The monoisotopic (exact) mass is 830 g/mol. The summed E-state index contributed by atoms with van der Waals surface area (Å²) in [6.07, 6.45) is 23.7. The van der Waals surface area contributed by atoms with Crippen LogP contribution in [-0.4, -0.2) is 0 Å². The minimum Gasteiger partial charge on any atom is -0.628 e. The lowest BCUT2D eigenvalue weighted by atomic mass is 9.70. The average molecular weight is 830 g/mol. The van der Waals surface area contributed by atoms with E-state index in [4.69, 9.17) is 10.6 Å². The number of benzene rings is 6. The quantitative estimate of drug-likeness (QED) is 0.0360. The Morgan fingerprint density at radius 3 is 0.873 bits per heavy atom. The van der Waals surface area contributed by atoms with Gasteiger partial charge < -0.3 is 5.32 Å². The summed E-state index contributed by atoms with van der Waals surface area (Å²) in [6, 6.07) is 70.2. The second-order valence-corrected chi connectivity index (χ2v) is 16.8. The first-order valence-electron chi connectivity index (χ1n) is 23.7. The maximum Gasteiger partial charge on any atom is 0.170 e. The molecular weight excluding hydrogens is 763 g/mol. The number of pyridine rings is 1. The first kappa shape index (κ1) is 46.4. The van der Waals surface area contributed by atoms with Crippen LogP contribution in [0.25, 0.3) is 5.32 Å². The van der Waals surface area contributed by atoms with Crippen LogP contribution in [-0.2, 0) is 17.6 Å². The van der Waals surface area contributed by atoms with Crippen LogP contribution in [0, 0.1) is 11.3 Å². The number of nitriles is 1. The molecule has 0 amide bonds. The van der Waals surface area contributed by atoms with Gasteiger partial charge in [-0.15, -0.1) is 0 Å². The molecule has 0 saturated heterocycles. The Hall–Kier alpha value is -6.08. The SMILES string of the molecule is CCCCCCCCCCCCCCCC[n+]1ccc(C#N)cc1.c1ccc(C([N-]C(c2ccccc2)(c2ccccc2)c2ccccc2)(c2ccccc2)c2ccccc2)cc1. The number of rotatable bonds is 23. The number of aryl methyl sites for hydroxylation is 1. The molecule has 0 fully saturated rings. The minimum absolute atomic E-state index is 0.743. The molecule has 0 saturated carbocycles. The zero-order valence-electron chi connectivity index (χ0n) is 37.6. The van der Waals surface area contributed by atoms with Crippen molar-refractivity contribution in [2.75, 3.05) is 0 Å². The average Bonchev–Trinajstić information content (AvgIpc) is 3.37. The molecule has 0 atom stereocenters. The van der Waals surface area contributed by atoms with E-state index in [1.807, 2.05) is 24.5 Å². The van der Waals surface area contributed by atoms with Crippen molar-refractivity contribution in [3.63, 3.8) is 0 Å². The number of hydrogen-bond acceptors (Lipinski definition) is 1. The summed E-state index contributed by atoms with van der Waals surface area (Å²) >= 11 is 0. The van der Waals surface area contributed by atoms with Gasteiger partial charge in [0.05, 0.1) is 11.6 Å². The standard InChI is InChI=1S/C38H30N.C22H37N2/c1-7-19-31(20-8-1)37(32-21-9-2-10-22-32,33-23-11-3-12-24-33)39-38(34-25-13-4-14-26-34,35-27-15-5-16-28-35)36-29-17-6-18-30-36;1-2-3-4-5-6-7-8-9-10-11-12-13-14-15-18-24-19-16-22(21-23)17-20-24/h1-30H;16-17,19-20H,2-15,18H2,1H3/q-1;+1. The highest BCUT2D eigenvalue weighted by Gasteiger charge is 2.36. The highest BCUT2D eigenvalue weighted by Crippen LogP contribution is 2.55. The fraction of sp³-hybridized carbons (Fsp3) is 0.300. The first-order chi connectivity index (χ1) is 31.2. The van der Waals surface area contributed by atoms with E-state index in [-0.39, 0.29) is 0 Å². The Labute approximate surface area is 379 Å². The van der Waals surface area contributed by atoms with Gasteiger partial charge in [0.1, 0.15) is 6.54 Å². The summed E-state index contributed by atoms with van der Waals surface area (Å²) in [5.41, 5.74) is 5.86. The van der Waals surface area contributed by atoms with Crippen molar-refractivity contribution in [1.29, 1.82) is 5.26 Å². The number of unbranched alkanes of at least 4 members (excludes halogenated alkanes) is 13. The van der Waals surface area contributed by atoms with E-state index in [1.54, 1.807) is 0 Å². The van der Waals surface area contributed by atoms with Crippen molar-refractivity contribution in [2.45, 2.75) is 114 Å². The van der Waals surface area contributed by atoms with Crippen LogP contribution in [0.5, 0.6) is 0 Å². The smallest absolute Gasteiger partial charge is 0.170 e. The predicted octanol–water partition coefficient (Wildman–Crippen LogP) is 15.7. The maximum absolute atomic E-state index is 8.78. The zero-order chi connectivity index (χ0) is 43.7. The van der Waals surface area contributed by atoms with Gasteiger partial charge in [0.2, 0.25) is 0 Å². The van der Waals surface area contributed by atoms with Crippen LogP contribution >= 0.6 is 0 Å². The van der Waals surface area contributed by atoms with Gasteiger partial charge in [-0.3, -0.25) is 0 Å². The summed E-state index contributed by atoms with van der Waals surface area (Å²) in [5.74, 6) is 0. The van der Waals surface area contributed by atoms with E-state index < -0.39 is 11.1 Å². The number of hydrogen-bond donors (Lipinski definition) is 0. The van der Waals surface area contributed by atoms with Gasteiger partial charge in [-0.1, -0.05) is 299 Å². The van der Waals surface area contributed by atoms with Crippen LogP contribution in [0.4, 0.5) is 0 Å². The van der Waals surface area contributed by atoms with E-state index in [1.165, 1.54) is 89.9 Å². The highest BCUT2D eigenvalue weighted by atomic mass is 15.1. The lowest BCUT2D eigenvalue weighted by molar-refractivity contribution is -0.697. The summed E-state index contributed by atoms with van der Waals surface area (Å²) in [5, 5.41) is 14.9. The molecule has 0 aliphatic carbocycles. The van der Waals surface area contributed by atoms with Gasteiger partial charge in [-0.25, -0.2) is 4.57 Å². The molecule has 1 heterocycles. The summed E-state index contributed by atoms with van der Waals surface area (Å²) in [4.78, 5) is 0. The van der Waals surface area contributed by atoms with Crippen LogP contribution < -0.4 is 4.57 Å². The largest absolute Gasteiger partial charge is 0.628 e. The fourth-order valence-corrected chi connectivity index (χ4v) is 8.88. The van der Waals surface area contributed by atoms with Crippen LogP contribution in [0.15, 0.2) is 207 Å². The topological polar surface area (TPSA) is 41.8 Å². The van der Waals surface area contributed by atoms with Crippen molar-refractivity contribution in [3.8, 4) is 6.07 Å². The van der Waals surface area contributed by atoms with E-state index in [0.717, 1.165) is 45.5 Å². The molecule has 7 aromatic rings. The molecule has 322 valence electrons. The van der Waals surface area contributed by atoms with Crippen LogP contribution in [0.1, 0.15) is 136 Å². The molecule has 0 N–H and O–H groups in total. The summed E-state index contributed by atoms with van der Waals surface area (Å²) < 4.78 is 2.18. The van der Waals surface area contributed by atoms with Crippen molar-refractivity contribution in [2.24, 2.45) is 0 Å². The summed E-state index contributed by atoms with van der Waals surface area (Å²) in [7, 11) is 0. The van der Waals surface area contributed by atoms with Crippen molar-refractivity contribution in [1.82, 2.24) is 0 Å². The third-order valence-corrected chi connectivity index (χ3v) is 12.3. The molecule has 0 spiro atoms. The van der Waals surface area contributed by atoms with Gasteiger partial charge in [0.25, 0.3) is 0 Å². The molecule has 63 heavy (non-hydrogen) atoms. The Bertz CT molecular complexity index is 1970. The minimum atomic E-state index is -0.800. The van der Waals surface area contributed by atoms with Crippen LogP contribution in [0.3, 0.4) is 0 Å². The molecule has 0 bridgehead atoms. The van der Waals surface area contributed by atoms with Crippen molar-refractivity contribution < 1.29 is 4.57 Å². The Morgan fingerprint density at radius 2 is 0.619 bits per heavy atom. The molecule has 1 aromatic heterocycles. The first-order valence-corrected chi connectivity index (χ1v) is 23.7. The molecule has 6 aromatic carbocycles. The van der Waals surface area contributed by atoms with E-state index in [2.05, 4.69) is 200 Å². The summed E-state index contributed by atoms with van der Waals surface area (Å²) in [6.45, 7) is 3.36. The second kappa shape index (κ2) is 25.8. The Balaban J connectivity index is 0.000000238. The fourth-order valence-electron chi connectivity index (χ4n) is 8.88. The molecule has 7 rings (SSSR count). The normalized spacial score (nSPS) is 11.3. The highest BCUT2D eigenvalue weighted by molar-refractivity contribution is 5.64. The predicted molar refractivity (Wildman–Crippen MR) is 263 cm³/mol. The molecule has 3 nitrogen and oxygen atoms in total. The van der Waals surface area contributed by atoms with E-state index in [9.17, 15) is 0 Å². The zero-order valence-corrected chi connectivity index (χ0v) is 37.6. The van der Waals surface area contributed by atoms with E-state index >= 15 is 0 Å². The molecule has 0 aliphatic rings. The third-order valence-electron chi connectivity index (χ3n) is 12.3. The third kappa shape index (κ3) is 13.0.